The van der Waals surface area contributed by atoms with Crippen molar-refractivity contribution in [1.29, 1.82) is 0 Å². The highest BCUT2D eigenvalue weighted by Crippen LogP contribution is 2.30. The van der Waals surface area contributed by atoms with Crippen LogP contribution in [0, 0.1) is 0 Å². The van der Waals surface area contributed by atoms with E-state index >= 15 is 0 Å². The van der Waals surface area contributed by atoms with Crippen molar-refractivity contribution in [2.75, 3.05) is 43.4 Å². The van der Waals surface area contributed by atoms with Crippen molar-refractivity contribution in [3.63, 3.8) is 0 Å². The number of ether oxygens (including phenoxy) is 2. The molecule has 1 aliphatic heterocycles. The van der Waals surface area contributed by atoms with Crippen LogP contribution in [0.2, 0.25) is 0 Å². The Morgan fingerprint density at radius 1 is 0.976 bits per heavy atom. The number of hydrogen-bond acceptors (Lipinski definition) is 8. The predicted octanol–water partition coefficient (Wildman–Crippen LogP) is 5.37. The van der Waals surface area contributed by atoms with E-state index in [4.69, 9.17) is 4.74 Å². The van der Waals surface area contributed by atoms with Crippen LogP contribution in [0.1, 0.15) is 13.8 Å². The first-order valence-electron chi connectivity index (χ1n) is 13.5. The van der Waals surface area contributed by atoms with E-state index in [0.717, 1.165) is 31.7 Å². The fraction of sp³-hybridized carbons (Fsp3) is 0.345. The van der Waals surface area contributed by atoms with Gasteiger partial charge in [-0.3, -0.25) is 14.6 Å². The molecule has 0 atom stereocenters. The van der Waals surface area contributed by atoms with Crippen LogP contribution in [0.25, 0.3) is 11.0 Å². The lowest BCUT2D eigenvalue weighted by Crippen LogP contribution is -2.50. The van der Waals surface area contributed by atoms with Crippen LogP contribution in [-0.4, -0.2) is 75.4 Å². The zero-order valence-electron chi connectivity index (χ0n) is 23.5. The van der Waals surface area contributed by atoms with Crippen molar-refractivity contribution in [2.45, 2.75) is 26.3 Å². The van der Waals surface area contributed by atoms with E-state index < -0.39 is 6.36 Å². The van der Waals surface area contributed by atoms with Crippen LogP contribution < -0.4 is 20.1 Å². The average molecular weight is 584 g/mol. The first-order valence-corrected chi connectivity index (χ1v) is 13.5. The molecule has 0 unspecified atom stereocenters. The molecule has 1 amide bonds. The highest BCUT2D eigenvalue weighted by Gasteiger charge is 2.31. The van der Waals surface area contributed by atoms with Crippen molar-refractivity contribution in [3.05, 3.63) is 60.8 Å². The molecule has 13 heteroatoms. The second-order valence-electron chi connectivity index (χ2n) is 10.3. The molecule has 0 saturated carbocycles. The maximum atomic E-state index is 12.6. The number of anilines is 3. The van der Waals surface area contributed by atoms with E-state index in [-0.39, 0.29) is 11.7 Å². The SMILES string of the molecule is CC(C)N1CCN(CC(=O)Nc2cc(Oc3ccc4c(c3)nc(Nc3ccc(OC(F)(F)F)cc3)n4C)ccn2)CC1. The minimum atomic E-state index is -4.75. The van der Waals surface area contributed by atoms with E-state index in [1.807, 2.05) is 17.7 Å². The number of carbonyl (C=O) groups excluding carboxylic acids is 1. The molecule has 0 spiro atoms. The van der Waals surface area contributed by atoms with Crippen LogP contribution >= 0.6 is 0 Å². The smallest absolute Gasteiger partial charge is 0.457 e. The summed E-state index contributed by atoms with van der Waals surface area (Å²) in [5.41, 5.74) is 2.01. The fourth-order valence-electron chi connectivity index (χ4n) is 4.73. The van der Waals surface area contributed by atoms with E-state index in [0.29, 0.717) is 47.1 Å². The summed E-state index contributed by atoms with van der Waals surface area (Å²) in [6.45, 7) is 8.24. The molecule has 2 aromatic heterocycles. The Kier molecular flexibility index (Phi) is 8.50. The summed E-state index contributed by atoms with van der Waals surface area (Å²) in [4.78, 5) is 26.0. The molecule has 4 aromatic rings. The lowest BCUT2D eigenvalue weighted by Gasteiger charge is -2.36. The lowest BCUT2D eigenvalue weighted by molar-refractivity contribution is -0.274. The molecule has 42 heavy (non-hydrogen) atoms. The highest BCUT2D eigenvalue weighted by molar-refractivity contribution is 5.91. The Balaban J connectivity index is 1.20. The number of pyridine rings is 1. The van der Waals surface area contributed by atoms with Crippen LogP contribution in [0.5, 0.6) is 17.2 Å². The number of imidazole rings is 1. The number of carbonyl (C=O) groups is 1. The summed E-state index contributed by atoms with van der Waals surface area (Å²) >= 11 is 0. The number of piperazine rings is 1. The average Bonchev–Trinajstić information content (AvgIpc) is 3.23. The van der Waals surface area contributed by atoms with Crippen molar-refractivity contribution in [3.8, 4) is 17.2 Å². The summed E-state index contributed by atoms with van der Waals surface area (Å²) < 4.78 is 49.0. The topological polar surface area (TPSA) is 96.8 Å². The normalized spacial score (nSPS) is 14.7. The molecule has 1 saturated heterocycles. The Bertz CT molecular complexity index is 1530. The van der Waals surface area contributed by atoms with Gasteiger partial charge in [0.15, 0.2) is 0 Å². The molecule has 3 heterocycles. The van der Waals surface area contributed by atoms with Crippen molar-refractivity contribution >= 4 is 34.4 Å². The van der Waals surface area contributed by atoms with Crippen LogP contribution in [-0.2, 0) is 11.8 Å². The van der Waals surface area contributed by atoms with Crippen molar-refractivity contribution in [1.82, 2.24) is 24.3 Å². The van der Waals surface area contributed by atoms with Crippen LogP contribution in [0.3, 0.4) is 0 Å². The molecular weight excluding hydrogens is 551 g/mol. The van der Waals surface area contributed by atoms with E-state index in [1.165, 1.54) is 24.3 Å². The summed E-state index contributed by atoms with van der Waals surface area (Å²) in [7, 11) is 1.82. The number of nitrogens with zero attached hydrogens (tertiary/aromatic N) is 5. The second-order valence-corrected chi connectivity index (χ2v) is 10.3. The van der Waals surface area contributed by atoms with E-state index in [9.17, 15) is 18.0 Å². The number of rotatable bonds is 9. The third-order valence-electron chi connectivity index (χ3n) is 6.94. The maximum absolute atomic E-state index is 12.6. The van der Waals surface area contributed by atoms with E-state index in [2.05, 4.69) is 49.0 Å². The van der Waals surface area contributed by atoms with Gasteiger partial charge < -0.3 is 24.7 Å². The molecule has 0 radical (unpaired) electrons. The maximum Gasteiger partial charge on any atom is 0.573 e. The minimum absolute atomic E-state index is 0.130. The first-order chi connectivity index (χ1) is 20.0. The number of aromatic nitrogens is 3. The van der Waals surface area contributed by atoms with Gasteiger partial charge >= 0.3 is 6.36 Å². The van der Waals surface area contributed by atoms with Gasteiger partial charge in [0, 0.05) is 63.3 Å². The molecule has 1 aliphatic rings. The van der Waals surface area contributed by atoms with Crippen molar-refractivity contribution < 1.29 is 27.4 Å². The molecule has 222 valence electrons. The summed E-state index contributed by atoms with van der Waals surface area (Å²) in [5.74, 6) is 1.49. The number of nitrogens with one attached hydrogen (secondary N) is 2. The number of aryl methyl sites for hydroxylation is 1. The Labute approximate surface area is 241 Å². The number of fused-ring (bicyclic) bond motifs is 1. The first kappa shape index (κ1) is 29.1. The number of hydrogen-bond donors (Lipinski definition) is 2. The Morgan fingerprint density at radius 3 is 2.36 bits per heavy atom. The molecular formula is C29H32F3N7O3. The standard InChI is InChI=1S/C29H32F3N7O3/c1-19(2)39-14-12-38(13-15-39)18-27(40)36-26-17-23(10-11-33-26)41-22-8-9-25-24(16-22)35-28(37(25)3)34-20-4-6-21(7-5-20)42-29(30,31)32/h4-11,16-17,19H,12-15,18H2,1-3H3,(H,34,35)(H,33,36,40). The fourth-order valence-corrected chi connectivity index (χ4v) is 4.73. The zero-order chi connectivity index (χ0) is 29.9. The van der Waals surface area contributed by atoms with Gasteiger partial charge in [0.25, 0.3) is 0 Å². The Hall–Kier alpha value is -4.36. The van der Waals surface area contributed by atoms with Gasteiger partial charge in [-0.1, -0.05) is 0 Å². The molecule has 5 rings (SSSR count). The van der Waals surface area contributed by atoms with Crippen molar-refractivity contribution in [2.24, 2.45) is 7.05 Å². The molecule has 1 fully saturated rings. The predicted molar refractivity (Wildman–Crippen MR) is 153 cm³/mol. The van der Waals surface area contributed by atoms with Gasteiger partial charge in [-0.15, -0.1) is 13.2 Å². The second kappa shape index (κ2) is 12.2. The minimum Gasteiger partial charge on any atom is -0.457 e. The number of benzene rings is 2. The molecule has 2 aromatic carbocycles. The van der Waals surface area contributed by atoms with Gasteiger partial charge in [-0.05, 0) is 56.3 Å². The quantitative estimate of drug-likeness (QED) is 0.272. The highest BCUT2D eigenvalue weighted by atomic mass is 19.4. The number of alkyl halides is 3. The van der Waals surface area contributed by atoms with Gasteiger partial charge in [0.2, 0.25) is 11.9 Å². The summed E-state index contributed by atoms with van der Waals surface area (Å²) in [6, 6.07) is 14.7. The molecule has 2 N–H and O–H groups in total. The monoisotopic (exact) mass is 583 g/mol. The lowest BCUT2D eigenvalue weighted by atomic mass is 10.2. The number of amides is 1. The molecule has 0 bridgehead atoms. The van der Waals surface area contributed by atoms with Crippen LogP contribution in [0.15, 0.2) is 60.8 Å². The molecule has 0 aliphatic carbocycles. The van der Waals surface area contributed by atoms with E-state index in [1.54, 1.807) is 30.5 Å². The third-order valence-corrected chi connectivity index (χ3v) is 6.94. The summed E-state index contributed by atoms with van der Waals surface area (Å²) in [5, 5.41) is 5.96. The Morgan fingerprint density at radius 2 is 1.67 bits per heavy atom. The number of halogens is 3. The summed E-state index contributed by atoms with van der Waals surface area (Å²) in [6.07, 6.45) is -3.18. The van der Waals surface area contributed by atoms with Gasteiger partial charge in [-0.25, -0.2) is 9.97 Å². The van der Waals surface area contributed by atoms with Gasteiger partial charge in [0.05, 0.1) is 17.6 Å². The molecule has 10 nitrogen and oxygen atoms in total. The van der Waals surface area contributed by atoms with Crippen LogP contribution in [0.4, 0.5) is 30.6 Å². The third kappa shape index (κ3) is 7.47. The largest absolute Gasteiger partial charge is 0.573 e. The van der Waals surface area contributed by atoms with Gasteiger partial charge in [-0.2, -0.15) is 0 Å². The zero-order valence-corrected chi connectivity index (χ0v) is 23.5. The van der Waals surface area contributed by atoms with Gasteiger partial charge in [0.1, 0.15) is 23.1 Å².